The van der Waals surface area contributed by atoms with Gasteiger partial charge in [0.15, 0.2) is 0 Å². The van der Waals surface area contributed by atoms with Crippen LogP contribution in [0.2, 0.25) is 0 Å². The van der Waals surface area contributed by atoms with Crippen LogP contribution in [-0.4, -0.2) is 38.5 Å². The topological polar surface area (TPSA) is 6.48 Å². The third-order valence-corrected chi connectivity index (χ3v) is 2.24. The van der Waals surface area contributed by atoms with Gasteiger partial charge >= 0.3 is 0 Å². The minimum Gasteiger partial charge on any atom is -0.362 e. The Labute approximate surface area is 84.2 Å². The largest absolute Gasteiger partial charge is 0.362 e. The van der Waals surface area contributed by atoms with E-state index in [2.05, 4.69) is 36.2 Å². The SMILES string of the molecule is CCCCCCN1C=CN(C)C1.[B]. The molecule has 0 bridgehead atoms. The van der Waals surface area contributed by atoms with Gasteiger partial charge in [-0.2, -0.15) is 0 Å². The zero-order valence-electron chi connectivity index (χ0n) is 8.87. The summed E-state index contributed by atoms with van der Waals surface area (Å²) >= 11 is 0. The Hall–Kier alpha value is -0.595. The number of nitrogens with zero attached hydrogens (tertiary/aromatic N) is 2. The minimum atomic E-state index is 0. The zero-order valence-corrected chi connectivity index (χ0v) is 8.87. The standard InChI is InChI=1S/C10H20N2.B/c1-3-4-5-6-7-12-9-8-11(2)10-12;/h8-9H,3-7,10H2,1-2H3;. The Morgan fingerprint density at radius 3 is 2.46 bits per heavy atom. The molecule has 0 aromatic heterocycles. The second-order valence-corrected chi connectivity index (χ2v) is 3.57. The smallest absolute Gasteiger partial charge is 0.0890 e. The summed E-state index contributed by atoms with van der Waals surface area (Å²) in [7, 11) is 2.11. The van der Waals surface area contributed by atoms with Gasteiger partial charge in [0.25, 0.3) is 0 Å². The van der Waals surface area contributed by atoms with Crippen LogP contribution in [0.15, 0.2) is 12.4 Å². The maximum atomic E-state index is 2.37. The lowest BCUT2D eigenvalue weighted by Gasteiger charge is -2.17. The summed E-state index contributed by atoms with van der Waals surface area (Å²) in [5.41, 5.74) is 0. The van der Waals surface area contributed by atoms with Crippen LogP contribution in [0.3, 0.4) is 0 Å². The maximum Gasteiger partial charge on any atom is 0.0890 e. The van der Waals surface area contributed by atoms with Crippen molar-refractivity contribution in [3.63, 3.8) is 0 Å². The molecule has 0 aliphatic carbocycles. The van der Waals surface area contributed by atoms with Crippen molar-refractivity contribution in [1.82, 2.24) is 9.80 Å². The fourth-order valence-electron chi connectivity index (χ4n) is 1.48. The molecule has 0 atom stereocenters. The molecule has 0 aromatic carbocycles. The summed E-state index contributed by atoms with van der Waals surface area (Å²) in [6.07, 6.45) is 9.76. The first-order valence-corrected chi connectivity index (χ1v) is 4.95. The summed E-state index contributed by atoms with van der Waals surface area (Å²) in [5, 5.41) is 0. The molecule has 0 N–H and O–H groups in total. The highest BCUT2D eigenvalue weighted by Gasteiger charge is 2.06. The monoisotopic (exact) mass is 179 g/mol. The summed E-state index contributed by atoms with van der Waals surface area (Å²) in [4.78, 5) is 4.58. The second kappa shape index (κ2) is 6.87. The van der Waals surface area contributed by atoms with Crippen molar-refractivity contribution >= 4 is 8.41 Å². The Balaban J connectivity index is 0.00000144. The van der Waals surface area contributed by atoms with Gasteiger partial charge in [-0.15, -0.1) is 0 Å². The van der Waals surface area contributed by atoms with Crippen molar-refractivity contribution in [1.29, 1.82) is 0 Å². The van der Waals surface area contributed by atoms with Crippen molar-refractivity contribution < 1.29 is 0 Å². The summed E-state index contributed by atoms with van der Waals surface area (Å²) in [5.74, 6) is 0. The fourth-order valence-corrected chi connectivity index (χ4v) is 1.48. The quantitative estimate of drug-likeness (QED) is 0.469. The Morgan fingerprint density at radius 1 is 1.15 bits per heavy atom. The van der Waals surface area contributed by atoms with Crippen LogP contribution in [0.5, 0.6) is 0 Å². The molecule has 0 aromatic rings. The van der Waals surface area contributed by atoms with Gasteiger partial charge in [-0.25, -0.2) is 0 Å². The van der Waals surface area contributed by atoms with E-state index in [0.717, 1.165) is 6.67 Å². The van der Waals surface area contributed by atoms with Gasteiger partial charge in [0, 0.05) is 34.4 Å². The zero-order chi connectivity index (χ0) is 8.81. The molecule has 1 heterocycles. The molecule has 0 amide bonds. The molecule has 0 saturated heterocycles. The van der Waals surface area contributed by atoms with E-state index < -0.39 is 0 Å². The van der Waals surface area contributed by atoms with Crippen LogP contribution in [0.25, 0.3) is 0 Å². The number of hydrogen-bond acceptors (Lipinski definition) is 2. The Kier molecular flexibility index (Phi) is 6.56. The van der Waals surface area contributed by atoms with Crippen molar-refractivity contribution in [3.05, 3.63) is 12.4 Å². The van der Waals surface area contributed by atoms with Crippen LogP contribution in [0, 0.1) is 0 Å². The summed E-state index contributed by atoms with van der Waals surface area (Å²) in [6, 6.07) is 0. The van der Waals surface area contributed by atoms with Gasteiger partial charge in [-0.05, 0) is 6.42 Å². The average Bonchev–Trinajstić information content (AvgIpc) is 2.45. The molecule has 73 valence electrons. The molecule has 2 nitrogen and oxygen atoms in total. The molecule has 13 heavy (non-hydrogen) atoms. The third-order valence-electron chi connectivity index (χ3n) is 2.24. The van der Waals surface area contributed by atoms with E-state index in [0.29, 0.717) is 0 Å². The fraction of sp³-hybridized carbons (Fsp3) is 0.800. The maximum absolute atomic E-state index is 2.37. The third kappa shape index (κ3) is 4.86. The Morgan fingerprint density at radius 2 is 1.92 bits per heavy atom. The highest BCUT2D eigenvalue weighted by Crippen LogP contribution is 2.06. The highest BCUT2D eigenvalue weighted by atomic mass is 15.3. The van der Waals surface area contributed by atoms with Crippen LogP contribution in [-0.2, 0) is 0 Å². The average molecular weight is 179 g/mol. The Bertz CT molecular complexity index is 148. The van der Waals surface area contributed by atoms with Gasteiger partial charge in [-0.1, -0.05) is 26.2 Å². The van der Waals surface area contributed by atoms with E-state index in [-0.39, 0.29) is 8.41 Å². The first-order valence-electron chi connectivity index (χ1n) is 4.95. The normalized spacial score (nSPS) is 14.9. The van der Waals surface area contributed by atoms with Crippen LogP contribution in [0.1, 0.15) is 32.6 Å². The molecule has 3 heteroatoms. The molecule has 1 rings (SSSR count). The van der Waals surface area contributed by atoms with Gasteiger partial charge in [-0.3, -0.25) is 0 Å². The first-order chi connectivity index (χ1) is 5.83. The van der Waals surface area contributed by atoms with E-state index in [4.69, 9.17) is 0 Å². The molecule has 1 aliphatic rings. The van der Waals surface area contributed by atoms with Gasteiger partial charge < -0.3 is 9.80 Å². The molecule has 3 radical (unpaired) electrons. The van der Waals surface area contributed by atoms with Gasteiger partial charge in [0.05, 0.1) is 6.67 Å². The van der Waals surface area contributed by atoms with Crippen molar-refractivity contribution in [2.45, 2.75) is 32.6 Å². The number of rotatable bonds is 5. The first kappa shape index (κ1) is 12.4. The van der Waals surface area contributed by atoms with Crippen LogP contribution in [0.4, 0.5) is 0 Å². The minimum absolute atomic E-state index is 0. The van der Waals surface area contributed by atoms with E-state index in [9.17, 15) is 0 Å². The second-order valence-electron chi connectivity index (χ2n) is 3.57. The van der Waals surface area contributed by atoms with E-state index in [1.54, 1.807) is 0 Å². The molecule has 0 unspecified atom stereocenters. The van der Waals surface area contributed by atoms with Crippen molar-refractivity contribution in [2.24, 2.45) is 0 Å². The van der Waals surface area contributed by atoms with E-state index in [1.807, 2.05) is 0 Å². The van der Waals surface area contributed by atoms with Gasteiger partial charge in [0.1, 0.15) is 0 Å². The van der Waals surface area contributed by atoms with E-state index >= 15 is 0 Å². The number of unbranched alkanes of at least 4 members (excludes halogenated alkanes) is 3. The molecular weight excluding hydrogens is 159 g/mol. The highest BCUT2D eigenvalue weighted by molar-refractivity contribution is 5.75. The van der Waals surface area contributed by atoms with Crippen molar-refractivity contribution in [3.8, 4) is 0 Å². The van der Waals surface area contributed by atoms with Gasteiger partial charge in [0.2, 0.25) is 0 Å². The predicted octanol–water partition coefficient (Wildman–Crippen LogP) is 1.86. The molecule has 0 saturated carbocycles. The molecule has 0 fully saturated rings. The lowest BCUT2D eigenvalue weighted by atomic mass is 10.2. The lowest BCUT2D eigenvalue weighted by Crippen LogP contribution is -2.23. The molecule has 1 aliphatic heterocycles. The summed E-state index contributed by atoms with van der Waals surface area (Å²) in [6.45, 7) is 4.55. The molecular formula is C10H20BN2. The lowest BCUT2D eigenvalue weighted by molar-refractivity contribution is 0.291. The predicted molar refractivity (Wildman–Crippen MR) is 58.4 cm³/mol. The number of hydrogen-bond donors (Lipinski definition) is 0. The van der Waals surface area contributed by atoms with Crippen LogP contribution < -0.4 is 0 Å². The molecule has 0 spiro atoms. The van der Waals surface area contributed by atoms with Crippen molar-refractivity contribution in [2.75, 3.05) is 20.3 Å². The summed E-state index contributed by atoms with van der Waals surface area (Å²) < 4.78 is 0. The van der Waals surface area contributed by atoms with E-state index in [1.165, 1.54) is 32.2 Å². The van der Waals surface area contributed by atoms with Crippen LogP contribution >= 0.6 is 0 Å².